The lowest BCUT2D eigenvalue weighted by Gasteiger charge is -2.18. The minimum atomic E-state index is -0.183. The van der Waals surface area contributed by atoms with Gasteiger partial charge in [0.2, 0.25) is 0 Å². The van der Waals surface area contributed by atoms with Crippen molar-refractivity contribution in [3.8, 4) is 0 Å². The van der Waals surface area contributed by atoms with Crippen molar-refractivity contribution < 1.29 is 4.39 Å². The molecule has 0 aliphatic carbocycles. The normalized spacial score (nSPS) is 12.3. The Hall–Kier alpha value is -0.840. The number of hydrogen-bond donors (Lipinski definition) is 1. The Morgan fingerprint density at radius 1 is 1.20 bits per heavy atom. The Kier molecular flexibility index (Phi) is 6.07. The van der Waals surface area contributed by atoms with Crippen molar-refractivity contribution >= 4 is 27.7 Å². The number of thioether (sulfide) groups is 1. The summed E-state index contributed by atoms with van der Waals surface area (Å²) in [5, 5.41) is 3.41. The molecular formula is C16H17BrFNS. The van der Waals surface area contributed by atoms with Crippen molar-refractivity contribution in [3.05, 3.63) is 64.4 Å². The van der Waals surface area contributed by atoms with Gasteiger partial charge in [-0.15, -0.1) is 11.8 Å². The van der Waals surface area contributed by atoms with Gasteiger partial charge in [0.15, 0.2) is 0 Å². The summed E-state index contributed by atoms with van der Waals surface area (Å²) in [6, 6.07) is 15.2. The van der Waals surface area contributed by atoms with E-state index in [-0.39, 0.29) is 11.9 Å². The third kappa shape index (κ3) is 4.62. The number of benzene rings is 2. The predicted octanol–water partition coefficient (Wildman–Crippen LogP) is 5.03. The van der Waals surface area contributed by atoms with Crippen molar-refractivity contribution in [2.45, 2.75) is 17.9 Å². The zero-order valence-electron chi connectivity index (χ0n) is 11.3. The van der Waals surface area contributed by atoms with Crippen molar-refractivity contribution in [1.82, 2.24) is 5.32 Å². The maximum absolute atomic E-state index is 13.3. The lowest BCUT2D eigenvalue weighted by atomic mass is 10.1. The van der Waals surface area contributed by atoms with Crippen LogP contribution in [0.1, 0.15) is 18.5 Å². The summed E-state index contributed by atoms with van der Waals surface area (Å²) in [7, 11) is 0. The second-order valence-corrected chi connectivity index (χ2v) is 6.44. The molecule has 0 radical (unpaired) electrons. The van der Waals surface area contributed by atoms with Crippen molar-refractivity contribution in [2.75, 3.05) is 12.3 Å². The van der Waals surface area contributed by atoms with Gasteiger partial charge < -0.3 is 5.32 Å². The predicted molar refractivity (Wildman–Crippen MR) is 87.7 cm³/mol. The first kappa shape index (κ1) is 15.5. The molecule has 0 aliphatic heterocycles. The number of hydrogen-bond acceptors (Lipinski definition) is 2. The monoisotopic (exact) mass is 353 g/mol. The molecule has 106 valence electrons. The molecule has 1 unspecified atom stereocenters. The van der Waals surface area contributed by atoms with Crippen LogP contribution >= 0.6 is 27.7 Å². The summed E-state index contributed by atoms with van der Waals surface area (Å²) < 4.78 is 14.4. The minimum Gasteiger partial charge on any atom is -0.309 e. The first-order valence-corrected chi connectivity index (χ1v) is 8.34. The van der Waals surface area contributed by atoms with Gasteiger partial charge in [0, 0.05) is 21.2 Å². The van der Waals surface area contributed by atoms with Gasteiger partial charge in [-0.25, -0.2) is 4.39 Å². The highest BCUT2D eigenvalue weighted by atomic mass is 79.9. The Morgan fingerprint density at radius 2 is 2.00 bits per heavy atom. The summed E-state index contributed by atoms with van der Waals surface area (Å²) in [5.74, 6) is 0.686. The molecular weight excluding hydrogens is 337 g/mol. The fourth-order valence-electron chi connectivity index (χ4n) is 1.98. The third-order valence-electron chi connectivity index (χ3n) is 2.91. The fraction of sp³-hybridized carbons (Fsp3) is 0.250. The summed E-state index contributed by atoms with van der Waals surface area (Å²) in [6.07, 6.45) is 0. The van der Waals surface area contributed by atoms with E-state index in [2.05, 4.69) is 40.3 Å². The van der Waals surface area contributed by atoms with Crippen LogP contribution in [0, 0.1) is 5.82 Å². The summed E-state index contributed by atoms with van der Waals surface area (Å²) in [6.45, 7) is 2.93. The molecule has 0 saturated carbocycles. The maximum atomic E-state index is 13.3. The van der Waals surface area contributed by atoms with Gasteiger partial charge in [-0.3, -0.25) is 0 Å². The average molecular weight is 354 g/mol. The second-order valence-electron chi connectivity index (χ2n) is 4.43. The van der Waals surface area contributed by atoms with E-state index in [1.807, 2.05) is 18.2 Å². The van der Waals surface area contributed by atoms with Gasteiger partial charge in [-0.2, -0.15) is 0 Å². The van der Waals surface area contributed by atoms with Gasteiger partial charge >= 0.3 is 0 Å². The van der Waals surface area contributed by atoms with Crippen LogP contribution in [0.15, 0.2) is 57.9 Å². The molecule has 0 bridgehead atoms. The molecule has 0 saturated heterocycles. The Labute approximate surface area is 132 Å². The molecule has 2 aromatic rings. The van der Waals surface area contributed by atoms with Gasteiger partial charge in [0.05, 0.1) is 0 Å². The zero-order valence-corrected chi connectivity index (χ0v) is 13.7. The lowest BCUT2D eigenvalue weighted by molar-refractivity contribution is 0.588. The standard InChI is InChI=1S/C16H17BrFNS/c1-2-19-16(12-5-3-7-14(18)9-12)11-20-15-8-4-6-13(17)10-15/h3-10,16,19H,2,11H2,1H3. The summed E-state index contributed by atoms with van der Waals surface area (Å²) >= 11 is 5.24. The van der Waals surface area contributed by atoms with Gasteiger partial charge in [-0.1, -0.05) is 41.1 Å². The van der Waals surface area contributed by atoms with Crippen molar-refractivity contribution in [2.24, 2.45) is 0 Å². The molecule has 0 fully saturated rings. The largest absolute Gasteiger partial charge is 0.309 e. The van der Waals surface area contributed by atoms with E-state index in [4.69, 9.17) is 0 Å². The number of rotatable bonds is 6. The molecule has 20 heavy (non-hydrogen) atoms. The minimum absolute atomic E-state index is 0.152. The molecule has 4 heteroatoms. The average Bonchev–Trinajstić information content (AvgIpc) is 2.43. The summed E-state index contributed by atoms with van der Waals surface area (Å²) in [4.78, 5) is 1.21. The van der Waals surface area contributed by atoms with Crippen LogP contribution in [-0.2, 0) is 0 Å². The molecule has 2 aromatic carbocycles. The molecule has 1 atom stereocenters. The quantitative estimate of drug-likeness (QED) is 0.730. The van der Waals surface area contributed by atoms with E-state index in [9.17, 15) is 4.39 Å². The highest BCUT2D eigenvalue weighted by Gasteiger charge is 2.11. The summed E-state index contributed by atoms with van der Waals surface area (Å²) in [5.41, 5.74) is 0.995. The Balaban J connectivity index is 2.06. The van der Waals surface area contributed by atoms with E-state index in [0.29, 0.717) is 0 Å². The van der Waals surface area contributed by atoms with Crippen molar-refractivity contribution in [3.63, 3.8) is 0 Å². The number of halogens is 2. The topological polar surface area (TPSA) is 12.0 Å². The molecule has 0 aromatic heterocycles. The van der Waals surface area contributed by atoms with Crippen LogP contribution in [-0.4, -0.2) is 12.3 Å². The second kappa shape index (κ2) is 7.81. The van der Waals surface area contributed by atoms with E-state index in [0.717, 1.165) is 22.3 Å². The van der Waals surface area contributed by atoms with Crippen LogP contribution < -0.4 is 5.32 Å². The van der Waals surface area contributed by atoms with Crippen LogP contribution in [0.4, 0.5) is 4.39 Å². The van der Waals surface area contributed by atoms with Gasteiger partial charge in [-0.05, 0) is 42.4 Å². The highest BCUT2D eigenvalue weighted by molar-refractivity contribution is 9.10. The third-order valence-corrected chi connectivity index (χ3v) is 4.49. The van der Waals surface area contributed by atoms with E-state index >= 15 is 0 Å². The first-order chi connectivity index (χ1) is 9.69. The molecule has 1 nitrogen and oxygen atoms in total. The fourth-order valence-corrected chi connectivity index (χ4v) is 3.58. The van der Waals surface area contributed by atoms with Crippen molar-refractivity contribution in [1.29, 1.82) is 0 Å². The van der Waals surface area contributed by atoms with Gasteiger partial charge in [0.1, 0.15) is 5.82 Å². The SMILES string of the molecule is CCNC(CSc1cccc(Br)c1)c1cccc(F)c1. The lowest BCUT2D eigenvalue weighted by Crippen LogP contribution is -2.23. The van der Waals surface area contributed by atoms with Crippen LogP contribution in [0.3, 0.4) is 0 Å². The zero-order chi connectivity index (χ0) is 14.4. The van der Waals surface area contributed by atoms with Crippen LogP contribution in [0.25, 0.3) is 0 Å². The molecule has 2 rings (SSSR count). The maximum Gasteiger partial charge on any atom is 0.123 e. The van der Waals surface area contributed by atoms with Crippen LogP contribution in [0.2, 0.25) is 0 Å². The van der Waals surface area contributed by atoms with Crippen LogP contribution in [0.5, 0.6) is 0 Å². The van der Waals surface area contributed by atoms with Gasteiger partial charge in [0.25, 0.3) is 0 Å². The Bertz CT molecular complexity index is 562. The van der Waals surface area contributed by atoms with E-state index in [1.54, 1.807) is 23.9 Å². The molecule has 0 amide bonds. The highest BCUT2D eigenvalue weighted by Crippen LogP contribution is 2.27. The van der Waals surface area contributed by atoms with E-state index < -0.39 is 0 Å². The molecule has 1 N–H and O–H groups in total. The van der Waals surface area contributed by atoms with E-state index in [1.165, 1.54) is 11.0 Å². The molecule has 0 aliphatic rings. The number of nitrogens with one attached hydrogen (secondary N) is 1. The smallest absolute Gasteiger partial charge is 0.123 e. The molecule has 0 heterocycles. The Morgan fingerprint density at radius 3 is 2.70 bits per heavy atom. The molecule has 0 spiro atoms. The first-order valence-electron chi connectivity index (χ1n) is 6.56.